The van der Waals surface area contributed by atoms with Crippen molar-refractivity contribution in [3.05, 3.63) is 184 Å². The van der Waals surface area contributed by atoms with Gasteiger partial charge in [0.2, 0.25) is 0 Å². The normalized spacial score (nSPS) is 14.9. The third kappa shape index (κ3) is 7.72. The Hall–Kier alpha value is -6.50. The van der Waals surface area contributed by atoms with Gasteiger partial charge in [-0.15, -0.1) is 0 Å². The molecule has 0 atom stereocenters. The van der Waals surface area contributed by atoms with E-state index < -0.39 is 65.8 Å². The number of imidazole rings is 1. The first-order valence-electron chi connectivity index (χ1n) is 26.7. The molecule has 4 heterocycles. The fourth-order valence-corrected chi connectivity index (χ4v) is 9.68. The molecule has 6 aromatic carbocycles. The summed E-state index contributed by atoms with van der Waals surface area (Å²) in [5.41, 5.74) is 7.37. The van der Waals surface area contributed by atoms with Crippen LogP contribution in [0.3, 0.4) is 0 Å². The summed E-state index contributed by atoms with van der Waals surface area (Å²) in [6.07, 6.45) is 2.57. The van der Waals surface area contributed by atoms with Crippen molar-refractivity contribution in [2.75, 3.05) is 4.81 Å². The Labute approximate surface area is 407 Å². The van der Waals surface area contributed by atoms with Gasteiger partial charge < -0.3 is 0 Å². The molecule has 0 radical (unpaired) electrons. The molecule has 1 aliphatic rings. The zero-order valence-corrected chi connectivity index (χ0v) is 39.8. The molecule has 0 amide bonds. The van der Waals surface area contributed by atoms with Crippen LogP contribution >= 0.6 is 0 Å². The number of pyridine rings is 1. The number of para-hydroxylation sites is 2. The van der Waals surface area contributed by atoms with Gasteiger partial charge in [0.15, 0.2) is 0 Å². The Bertz CT molecular complexity index is 3760. The maximum atomic E-state index is 9.31. The molecular formula is C56H53BN6OPt. The van der Waals surface area contributed by atoms with Crippen LogP contribution in [0.2, 0.25) is 6.32 Å². The fourth-order valence-electron chi connectivity index (χ4n) is 8.58. The number of anilines is 2. The second-order valence-corrected chi connectivity index (χ2v) is 19.4. The topological polar surface area (TPSA) is 53.0 Å². The van der Waals surface area contributed by atoms with Gasteiger partial charge >= 0.3 is 341 Å². The summed E-state index contributed by atoms with van der Waals surface area (Å²) in [5, 5.41) is 5.17. The molecule has 0 unspecified atom stereocenters. The Balaban J connectivity index is 1.19. The summed E-state index contributed by atoms with van der Waals surface area (Å²) in [6.45, 7) is 16.4. The molecule has 9 aromatic rings. The molecule has 3 aromatic heterocycles. The molecule has 0 N–H and O–H groups in total. The van der Waals surface area contributed by atoms with Gasteiger partial charge in [-0.05, 0) is 18.6 Å². The Morgan fingerprint density at radius 2 is 1.32 bits per heavy atom. The van der Waals surface area contributed by atoms with Crippen LogP contribution < -0.4 is 9.55 Å². The predicted molar refractivity (Wildman–Crippen MR) is 265 cm³/mol. The maximum absolute atomic E-state index is 9.31. The van der Waals surface area contributed by atoms with E-state index in [0.29, 0.717) is 37.6 Å². The SMILES string of the molecule is [2H]c1c([2H])c([2H])c(-c2cc(C(C)(C)C)cc(-c3c([2H])c([2H])c([2H])c([2H])c3[2H])c2-n2[c](=[Pt])n(-c3cccc(Oc4ccc5c(c4)N(c4cc(C)ccn4)B(CC)n4nc(C(C)(C)C)cc4-5)c3)c3ccccc32)c([2H])c1[2H]. The van der Waals surface area contributed by atoms with Crippen LogP contribution in [-0.4, -0.2) is 30.8 Å². The van der Waals surface area contributed by atoms with Crippen molar-refractivity contribution in [2.45, 2.75) is 72.5 Å². The van der Waals surface area contributed by atoms with E-state index in [-0.39, 0.29) is 40.3 Å². The molecule has 9 heteroatoms. The fraction of sp³-hybridized carbons (Fsp3) is 0.196. The van der Waals surface area contributed by atoms with Crippen LogP contribution in [0.4, 0.5) is 11.5 Å². The number of aryl methyl sites for hydroxylation is 1. The standard InChI is InChI=1S/C56H53BN6O.Pt/c1-9-57-62(53-31-38(2)29-30-58-53)50-35-44(27-28-45(50)51-36-52(56(6,7)8)59-63(51)57)64-43-24-18-23-42(34-43)60-37-61(49-26-17-16-25-48(49)60)54-46(39-19-12-10-13-20-39)32-41(55(3,4)5)33-47(54)40-21-14-11-15-22-40;/h10-36H,9H2,1-8H3;/i10D,11D,12D,13D,14D,15D,19D,20D,21D,22D;. The van der Waals surface area contributed by atoms with Crippen LogP contribution in [0.15, 0.2) is 164 Å². The van der Waals surface area contributed by atoms with Gasteiger partial charge in [-0.3, -0.25) is 0 Å². The summed E-state index contributed by atoms with van der Waals surface area (Å²) in [7, 11) is 0. The first-order valence-corrected chi connectivity index (χ1v) is 22.8. The van der Waals surface area contributed by atoms with Crippen molar-refractivity contribution in [1.82, 2.24) is 23.8 Å². The molecule has 326 valence electrons. The number of rotatable bonds is 8. The van der Waals surface area contributed by atoms with E-state index in [9.17, 15) is 5.48 Å². The Morgan fingerprint density at radius 1 is 0.677 bits per heavy atom. The van der Waals surface area contributed by atoms with E-state index in [1.807, 2.05) is 103 Å². The van der Waals surface area contributed by atoms with Crippen LogP contribution in [0, 0.1) is 10.7 Å². The molecular weight excluding hydrogens is 979 g/mol. The van der Waals surface area contributed by atoms with Crippen molar-refractivity contribution in [3.63, 3.8) is 0 Å². The van der Waals surface area contributed by atoms with Gasteiger partial charge in [0.05, 0.1) is 5.69 Å². The zero-order valence-electron chi connectivity index (χ0n) is 47.5. The van der Waals surface area contributed by atoms with E-state index in [1.165, 1.54) is 0 Å². The number of nitrogens with zero attached hydrogens (tertiary/aromatic N) is 6. The van der Waals surface area contributed by atoms with Crippen molar-refractivity contribution in [2.24, 2.45) is 0 Å². The number of aromatic nitrogens is 5. The van der Waals surface area contributed by atoms with Crippen LogP contribution in [0.25, 0.3) is 55.9 Å². The molecule has 0 saturated heterocycles. The Kier molecular flexibility index (Phi) is 8.17. The number of ether oxygens (including phenoxy) is 1. The second kappa shape index (κ2) is 16.5. The van der Waals surface area contributed by atoms with E-state index in [0.717, 1.165) is 40.3 Å². The zero-order chi connectivity index (χ0) is 53.9. The van der Waals surface area contributed by atoms with Crippen LogP contribution in [0.1, 0.15) is 79.0 Å². The first kappa shape index (κ1) is 32.2. The number of hydrogen-bond acceptors (Lipinski definition) is 4. The minimum absolute atomic E-state index is 0.0994. The molecule has 0 bridgehead atoms. The van der Waals surface area contributed by atoms with Crippen molar-refractivity contribution < 1.29 is 37.8 Å². The summed E-state index contributed by atoms with van der Waals surface area (Å²) >= 11 is 2.20. The molecule has 1 aliphatic heterocycles. The molecule has 7 nitrogen and oxygen atoms in total. The van der Waals surface area contributed by atoms with Gasteiger partial charge in [0, 0.05) is 11.6 Å². The third-order valence-corrected chi connectivity index (χ3v) is 12.9. The molecule has 0 fully saturated rings. The molecule has 10 rings (SSSR count). The average Bonchev–Trinajstić information content (AvgIpc) is 3.98. The summed E-state index contributed by atoms with van der Waals surface area (Å²) < 4.78 is 103. The van der Waals surface area contributed by atoms with Gasteiger partial charge in [-0.25, -0.2) is 0 Å². The second-order valence-electron chi connectivity index (χ2n) is 18.4. The van der Waals surface area contributed by atoms with E-state index in [1.54, 1.807) is 12.1 Å². The van der Waals surface area contributed by atoms with E-state index in [4.69, 9.17) is 23.0 Å². The number of benzene rings is 6. The predicted octanol–water partition coefficient (Wildman–Crippen LogP) is 14.3. The van der Waals surface area contributed by atoms with Crippen LogP contribution in [0.5, 0.6) is 11.5 Å². The third-order valence-electron chi connectivity index (χ3n) is 11.9. The van der Waals surface area contributed by atoms with E-state index in [2.05, 4.69) is 81.6 Å². The van der Waals surface area contributed by atoms with E-state index >= 15 is 0 Å². The van der Waals surface area contributed by atoms with Crippen molar-refractivity contribution >= 4 is 29.5 Å². The van der Waals surface area contributed by atoms with Gasteiger partial charge in [-0.2, -0.15) is 5.10 Å². The number of fused-ring (bicyclic) bond motifs is 4. The molecule has 65 heavy (non-hydrogen) atoms. The average molecular weight is 1040 g/mol. The first-order chi connectivity index (χ1) is 35.4. The van der Waals surface area contributed by atoms with Gasteiger partial charge in [-0.1, -0.05) is 27.7 Å². The summed E-state index contributed by atoms with van der Waals surface area (Å²) in [6, 6.07) is 26.1. The van der Waals surface area contributed by atoms with Gasteiger partial charge in [0.25, 0.3) is 0 Å². The Morgan fingerprint density at radius 3 is 1.94 bits per heavy atom. The van der Waals surface area contributed by atoms with Crippen molar-refractivity contribution in [1.29, 1.82) is 0 Å². The molecule has 0 spiro atoms. The monoisotopic (exact) mass is 1040 g/mol. The summed E-state index contributed by atoms with van der Waals surface area (Å²) in [5.74, 6) is 1.92. The molecule has 0 saturated carbocycles. The quantitative estimate of drug-likeness (QED) is 0.142. The van der Waals surface area contributed by atoms with Gasteiger partial charge in [0.1, 0.15) is 0 Å². The van der Waals surface area contributed by atoms with Crippen molar-refractivity contribution in [3.8, 4) is 56.4 Å². The minimum atomic E-state index is -0.626. The number of hydrogen-bond donors (Lipinski definition) is 0. The van der Waals surface area contributed by atoms with Crippen LogP contribution in [-0.2, 0) is 30.2 Å². The summed E-state index contributed by atoms with van der Waals surface area (Å²) in [4.78, 5) is 7.09. The molecule has 0 aliphatic carbocycles.